The van der Waals surface area contributed by atoms with Gasteiger partial charge in [-0.1, -0.05) is 24.8 Å². The maximum absolute atomic E-state index is 11.1. The van der Waals surface area contributed by atoms with Crippen LogP contribution in [0.4, 0.5) is 5.82 Å². The molecule has 0 spiro atoms. The van der Waals surface area contributed by atoms with E-state index in [1.165, 1.54) is 6.92 Å². The highest BCUT2D eigenvalue weighted by Crippen LogP contribution is 2.31. The van der Waals surface area contributed by atoms with Gasteiger partial charge in [-0.05, 0) is 6.07 Å². The Morgan fingerprint density at radius 3 is 2.53 bits per heavy atom. The molecule has 5 N–H and O–H groups in total. The summed E-state index contributed by atoms with van der Waals surface area (Å²) in [5, 5.41) is 12.3. The maximum Gasteiger partial charge on any atom is 0.335 e. The van der Waals surface area contributed by atoms with Gasteiger partial charge >= 0.3 is 5.97 Å². The van der Waals surface area contributed by atoms with E-state index in [0.29, 0.717) is 16.8 Å². The van der Waals surface area contributed by atoms with E-state index in [1.54, 1.807) is 18.2 Å². The summed E-state index contributed by atoms with van der Waals surface area (Å²) in [5.74, 6) is -1.04. The van der Waals surface area contributed by atoms with Crippen LogP contribution < -0.4 is 5.32 Å². The molecule has 0 atom stereocenters. The lowest BCUT2D eigenvalue weighted by Crippen LogP contribution is -2.09. The third-order valence-corrected chi connectivity index (χ3v) is 2.57. The first-order valence-corrected chi connectivity index (χ1v) is 5.31. The molecule has 1 heterocycles. The Balaban J connectivity index is 0.00000180. The van der Waals surface area contributed by atoms with E-state index < -0.39 is 5.97 Å². The van der Waals surface area contributed by atoms with E-state index >= 15 is 0 Å². The van der Waals surface area contributed by atoms with Crippen molar-refractivity contribution in [3.05, 3.63) is 36.4 Å². The van der Waals surface area contributed by atoms with Gasteiger partial charge in [-0.3, -0.25) is 4.79 Å². The molecule has 0 saturated carbocycles. The van der Waals surface area contributed by atoms with Crippen LogP contribution in [-0.4, -0.2) is 27.4 Å². The third kappa shape index (κ3) is 2.63. The predicted octanol–water partition coefficient (Wildman–Crippen LogP) is 1.40. The predicted molar refractivity (Wildman–Crippen MR) is 72.9 cm³/mol. The van der Waals surface area contributed by atoms with Crippen LogP contribution in [0.5, 0.6) is 0 Å². The summed E-state index contributed by atoms with van der Waals surface area (Å²) >= 11 is 0. The minimum atomic E-state index is -1.12. The number of aromatic amines is 1. The largest absolute Gasteiger partial charge is 0.478 e. The van der Waals surface area contributed by atoms with Crippen LogP contribution in [-0.2, 0) is 9.59 Å². The summed E-state index contributed by atoms with van der Waals surface area (Å²) in [6.07, 6.45) is 0. The summed E-state index contributed by atoms with van der Waals surface area (Å²) < 4.78 is 0. The lowest BCUT2D eigenvalue weighted by molar-refractivity contribution is -0.130. The van der Waals surface area contributed by atoms with Crippen molar-refractivity contribution in [2.24, 2.45) is 0 Å². The van der Waals surface area contributed by atoms with E-state index in [9.17, 15) is 9.59 Å². The van der Waals surface area contributed by atoms with Crippen molar-refractivity contribution in [3.63, 3.8) is 0 Å². The van der Waals surface area contributed by atoms with Crippen molar-refractivity contribution in [2.45, 2.75) is 6.92 Å². The van der Waals surface area contributed by atoms with E-state index in [2.05, 4.69) is 16.9 Å². The molecule has 100 valence electrons. The highest BCUT2D eigenvalue weighted by atomic mass is 16.4. The fourth-order valence-electron chi connectivity index (χ4n) is 1.83. The van der Waals surface area contributed by atoms with Gasteiger partial charge < -0.3 is 20.9 Å². The zero-order valence-electron chi connectivity index (χ0n) is 10.3. The quantitative estimate of drug-likeness (QED) is 0.726. The molecule has 0 aliphatic rings. The first kappa shape index (κ1) is 14.5. The minimum Gasteiger partial charge on any atom is -0.478 e. The number of H-pyrrole nitrogens is 1. The number of fused-ring (bicyclic) bond motifs is 1. The fraction of sp³-hybridized carbons (Fsp3) is 0.0769. The molecule has 0 bridgehead atoms. The van der Waals surface area contributed by atoms with Crippen molar-refractivity contribution in [3.8, 4) is 0 Å². The standard InChI is InChI=1S/C13H12N2O3.H2O/c1-7(13(17)18)11-9-5-3-4-6-10(9)15-12(11)14-8(2)16;/h3-6,15H,1H2,2H3,(H,14,16)(H,17,18);1H2. The maximum atomic E-state index is 11.1. The van der Waals surface area contributed by atoms with Crippen LogP contribution in [0.3, 0.4) is 0 Å². The normalized spacial score (nSPS) is 9.74. The molecule has 19 heavy (non-hydrogen) atoms. The van der Waals surface area contributed by atoms with Crippen LogP contribution in [0.15, 0.2) is 30.8 Å². The molecule has 0 saturated heterocycles. The minimum absolute atomic E-state index is 0. The van der Waals surface area contributed by atoms with Crippen LogP contribution in [0.1, 0.15) is 12.5 Å². The number of rotatable bonds is 3. The molecule has 0 aliphatic heterocycles. The summed E-state index contributed by atoms with van der Waals surface area (Å²) in [6.45, 7) is 4.90. The molecular formula is C13H14N2O4. The van der Waals surface area contributed by atoms with Gasteiger partial charge in [-0.25, -0.2) is 4.79 Å². The molecule has 0 radical (unpaired) electrons. The molecule has 6 heteroatoms. The second-order valence-electron chi connectivity index (χ2n) is 3.89. The Bertz CT molecular complexity index is 658. The Labute approximate surface area is 109 Å². The smallest absolute Gasteiger partial charge is 0.335 e. The van der Waals surface area contributed by atoms with Gasteiger partial charge in [0.2, 0.25) is 5.91 Å². The number of para-hydroxylation sites is 1. The fourth-order valence-corrected chi connectivity index (χ4v) is 1.83. The van der Waals surface area contributed by atoms with E-state index in [0.717, 1.165) is 5.52 Å². The van der Waals surface area contributed by atoms with Gasteiger partial charge in [-0.2, -0.15) is 0 Å². The van der Waals surface area contributed by atoms with Crippen molar-refractivity contribution in [2.75, 3.05) is 5.32 Å². The van der Waals surface area contributed by atoms with Crippen LogP contribution in [0, 0.1) is 0 Å². The SMILES string of the molecule is C=C(C(=O)O)c1c(NC(C)=O)[nH]c2ccccc12.O. The zero-order chi connectivity index (χ0) is 13.3. The van der Waals surface area contributed by atoms with Gasteiger partial charge in [0.05, 0.1) is 5.57 Å². The monoisotopic (exact) mass is 262 g/mol. The molecular weight excluding hydrogens is 248 g/mol. The van der Waals surface area contributed by atoms with Crippen LogP contribution in [0.25, 0.3) is 16.5 Å². The van der Waals surface area contributed by atoms with Crippen molar-refractivity contribution < 1.29 is 20.2 Å². The number of aromatic nitrogens is 1. The average molecular weight is 262 g/mol. The first-order valence-electron chi connectivity index (χ1n) is 5.31. The van der Waals surface area contributed by atoms with E-state index in [-0.39, 0.29) is 17.0 Å². The number of anilines is 1. The Kier molecular flexibility index (Phi) is 4.08. The number of amides is 1. The van der Waals surface area contributed by atoms with Crippen LogP contribution in [0.2, 0.25) is 0 Å². The molecule has 1 amide bonds. The zero-order valence-corrected chi connectivity index (χ0v) is 10.3. The molecule has 2 rings (SSSR count). The molecule has 0 fully saturated rings. The van der Waals surface area contributed by atoms with Gasteiger partial charge in [0.25, 0.3) is 0 Å². The van der Waals surface area contributed by atoms with Gasteiger partial charge in [-0.15, -0.1) is 0 Å². The highest BCUT2D eigenvalue weighted by Gasteiger charge is 2.18. The van der Waals surface area contributed by atoms with Crippen LogP contribution >= 0.6 is 0 Å². The van der Waals surface area contributed by atoms with E-state index in [1.807, 2.05) is 6.07 Å². The second-order valence-corrected chi connectivity index (χ2v) is 3.89. The topological polar surface area (TPSA) is 114 Å². The molecule has 6 nitrogen and oxygen atoms in total. The summed E-state index contributed by atoms with van der Waals surface area (Å²) in [6, 6.07) is 7.20. The number of hydrogen-bond donors (Lipinski definition) is 3. The van der Waals surface area contributed by atoms with Gasteiger partial charge in [0.1, 0.15) is 5.82 Å². The van der Waals surface area contributed by atoms with Crippen molar-refractivity contribution in [1.29, 1.82) is 0 Å². The molecule has 1 aromatic carbocycles. The summed E-state index contributed by atoms with van der Waals surface area (Å²) in [5.41, 5.74) is 1.10. The Hall–Kier alpha value is -2.60. The number of nitrogens with one attached hydrogen (secondary N) is 2. The lowest BCUT2D eigenvalue weighted by atomic mass is 10.1. The number of hydrogen-bond acceptors (Lipinski definition) is 2. The van der Waals surface area contributed by atoms with Gasteiger partial charge in [0, 0.05) is 23.4 Å². The average Bonchev–Trinajstić information content (AvgIpc) is 2.64. The number of carboxylic acids is 1. The summed E-state index contributed by atoms with van der Waals surface area (Å²) in [4.78, 5) is 25.2. The number of aliphatic carboxylic acids is 1. The molecule has 1 aromatic heterocycles. The van der Waals surface area contributed by atoms with Crippen molar-refractivity contribution in [1.82, 2.24) is 4.98 Å². The number of carbonyl (C=O) groups excluding carboxylic acids is 1. The number of benzene rings is 1. The lowest BCUT2D eigenvalue weighted by Gasteiger charge is -2.04. The highest BCUT2D eigenvalue weighted by molar-refractivity contribution is 6.21. The number of carboxylic acid groups (broad SMARTS) is 1. The molecule has 0 unspecified atom stereocenters. The third-order valence-electron chi connectivity index (χ3n) is 2.57. The Morgan fingerprint density at radius 2 is 1.95 bits per heavy atom. The second kappa shape index (κ2) is 5.36. The van der Waals surface area contributed by atoms with Crippen molar-refractivity contribution >= 4 is 34.2 Å². The molecule has 2 aromatic rings. The number of carbonyl (C=O) groups is 2. The van der Waals surface area contributed by atoms with Gasteiger partial charge in [0.15, 0.2) is 0 Å². The first-order chi connectivity index (χ1) is 8.50. The van der Waals surface area contributed by atoms with E-state index in [4.69, 9.17) is 5.11 Å². The Morgan fingerprint density at radius 1 is 1.32 bits per heavy atom. The summed E-state index contributed by atoms with van der Waals surface area (Å²) in [7, 11) is 0. The molecule has 0 aliphatic carbocycles.